The lowest BCUT2D eigenvalue weighted by Crippen LogP contribution is -2.38. The Balaban J connectivity index is 1.31. The maximum Gasteiger partial charge on any atom is 0.241 e. The van der Waals surface area contributed by atoms with Gasteiger partial charge in [0.1, 0.15) is 5.82 Å². The fourth-order valence-corrected chi connectivity index (χ4v) is 6.74. The fourth-order valence-electron chi connectivity index (χ4n) is 4.44. The molecule has 1 aromatic heterocycles. The number of sulfonamides is 1. The smallest absolute Gasteiger partial charge is 0.241 e. The number of anilines is 1. The van der Waals surface area contributed by atoms with Gasteiger partial charge in [0, 0.05) is 37.6 Å². The molecule has 6 nitrogen and oxygen atoms in total. The van der Waals surface area contributed by atoms with Crippen molar-refractivity contribution in [1.29, 1.82) is 0 Å². The average Bonchev–Trinajstić information content (AvgIpc) is 3.21. The summed E-state index contributed by atoms with van der Waals surface area (Å²) in [6, 6.07) is 14.1. The van der Waals surface area contributed by atoms with Crippen molar-refractivity contribution in [2.45, 2.75) is 44.9 Å². The second kappa shape index (κ2) is 9.68. The molecule has 1 N–H and O–H groups in total. The number of hydrogen-bond donors (Lipinski definition) is 1. The zero-order chi connectivity index (χ0) is 22.7. The van der Waals surface area contributed by atoms with Crippen LogP contribution in [0.25, 0.3) is 0 Å². The molecule has 2 heterocycles. The zero-order valence-corrected chi connectivity index (χ0v) is 20.5. The summed E-state index contributed by atoms with van der Waals surface area (Å²) in [5.41, 5.74) is 3.89. The van der Waals surface area contributed by atoms with Crippen molar-refractivity contribution < 1.29 is 8.42 Å². The fraction of sp³-hybridized carbons (Fsp3) is 0.417. The predicted molar refractivity (Wildman–Crippen MR) is 130 cm³/mol. The van der Waals surface area contributed by atoms with Gasteiger partial charge in [-0.2, -0.15) is 4.37 Å². The molecule has 3 aromatic rings. The van der Waals surface area contributed by atoms with E-state index in [9.17, 15) is 8.42 Å². The molecule has 1 saturated heterocycles. The van der Waals surface area contributed by atoms with E-state index < -0.39 is 10.0 Å². The lowest BCUT2D eigenvalue weighted by Gasteiger charge is -2.31. The number of piperidine rings is 1. The molecule has 8 heteroatoms. The Bertz CT molecular complexity index is 1140. The highest BCUT2D eigenvalue weighted by Crippen LogP contribution is 2.26. The van der Waals surface area contributed by atoms with Gasteiger partial charge < -0.3 is 4.90 Å². The molecule has 1 aliphatic heterocycles. The van der Waals surface area contributed by atoms with E-state index in [1.165, 1.54) is 17.1 Å². The molecule has 0 spiro atoms. The van der Waals surface area contributed by atoms with Crippen molar-refractivity contribution in [1.82, 2.24) is 14.1 Å². The van der Waals surface area contributed by atoms with Crippen LogP contribution in [0.1, 0.15) is 40.9 Å². The van der Waals surface area contributed by atoms with E-state index in [0.717, 1.165) is 60.0 Å². The molecule has 1 fully saturated rings. The minimum atomic E-state index is -3.51. The van der Waals surface area contributed by atoms with E-state index in [0.29, 0.717) is 17.4 Å². The Morgan fingerprint density at radius 3 is 2.38 bits per heavy atom. The van der Waals surface area contributed by atoms with Crippen LogP contribution in [0.5, 0.6) is 0 Å². The molecular formula is C24H30N4O2S2. The van der Waals surface area contributed by atoms with Crippen molar-refractivity contribution in [2.24, 2.45) is 5.92 Å². The van der Waals surface area contributed by atoms with E-state index in [1.54, 1.807) is 0 Å². The monoisotopic (exact) mass is 470 g/mol. The minimum absolute atomic E-state index is 0.323. The highest BCUT2D eigenvalue weighted by atomic mass is 32.2. The molecule has 0 aliphatic carbocycles. The van der Waals surface area contributed by atoms with Gasteiger partial charge in [-0.15, -0.1) is 0 Å². The predicted octanol–water partition coefficient (Wildman–Crippen LogP) is 4.25. The van der Waals surface area contributed by atoms with Gasteiger partial charge in [0.15, 0.2) is 0 Å². The molecule has 2 aromatic carbocycles. The van der Waals surface area contributed by atoms with E-state index in [1.807, 2.05) is 51.1 Å². The van der Waals surface area contributed by atoms with Crippen LogP contribution in [0.15, 0.2) is 47.4 Å². The number of nitrogens with one attached hydrogen (secondary N) is 1. The van der Waals surface area contributed by atoms with Crippen LogP contribution in [0.4, 0.5) is 5.13 Å². The second-order valence-corrected chi connectivity index (χ2v) is 11.1. The van der Waals surface area contributed by atoms with Crippen LogP contribution < -0.4 is 9.62 Å². The SMILES string of the molecule is Cc1cc(C)c(S(=O)(=O)NCC2CCN(c3nc(Cc4ccccc4)ns3)CC2)c(C)c1. The third-order valence-corrected chi connectivity index (χ3v) is 8.53. The van der Waals surface area contributed by atoms with E-state index in [-0.39, 0.29) is 0 Å². The van der Waals surface area contributed by atoms with Crippen molar-refractivity contribution in [2.75, 3.05) is 24.5 Å². The number of rotatable bonds is 7. The number of aryl methyl sites for hydroxylation is 3. The molecule has 0 atom stereocenters. The molecule has 0 amide bonds. The van der Waals surface area contributed by atoms with Crippen molar-refractivity contribution >= 4 is 26.7 Å². The van der Waals surface area contributed by atoms with Gasteiger partial charge in [0.25, 0.3) is 0 Å². The summed E-state index contributed by atoms with van der Waals surface area (Å²) in [6.45, 7) is 7.92. The molecule has 1 aliphatic rings. The van der Waals surface area contributed by atoms with E-state index >= 15 is 0 Å². The first kappa shape index (κ1) is 22.9. The molecule has 0 saturated carbocycles. The molecule has 0 radical (unpaired) electrons. The summed E-state index contributed by atoms with van der Waals surface area (Å²) in [4.78, 5) is 7.41. The summed E-state index contributed by atoms with van der Waals surface area (Å²) in [6.07, 6.45) is 2.61. The van der Waals surface area contributed by atoms with Crippen LogP contribution in [-0.4, -0.2) is 37.4 Å². The Morgan fingerprint density at radius 1 is 1.06 bits per heavy atom. The van der Waals surface area contributed by atoms with Crippen molar-refractivity contribution in [3.05, 3.63) is 70.5 Å². The Labute approximate surface area is 194 Å². The summed E-state index contributed by atoms with van der Waals surface area (Å²) in [5, 5.41) is 0.959. The quantitative estimate of drug-likeness (QED) is 0.559. The maximum absolute atomic E-state index is 12.9. The van der Waals surface area contributed by atoms with Crippen LogP contribution in [-0.2, 0) is 16.4 Å². The van der Waals surface area contributed by atoms with Gasteiger partial charge in [-0.25, -0.2) is 18.1 Å². The number of nitrogens with zero attached hydrogens (tertiary/aromatic N) is 3. The third-order valence-electron chi connectivity index (χ3n) is 5.98. The van der Waals surface area contributed by atoms with E-state index in [2.05, 4.69) is 26.1 Å². The number of hydrogen-bond acceptors (Lipinski definition) is 6. The van der Waals surface area contributed by atoms with Crippen LogP contribution >= 0.6 is 11.5 Å². The van der Waals surface area contributed by atoms with Gasteiger partial charge >= 0.3 is 0 Å². The summed E-state index contributed by atoms with van der Waals surface area (Å²) >= 11 is 1.45. The standard InChI is InChI=1S/C24H30N4O2S2/c1-17-13-18(2)23(19(3)14-17)32(29,30)25-16-21-9-11-28(12-10-21)24-26-22(27-31-24)15-20-7-5-4-6-8-20/h4-8,13-14,21,25H,9-12,15-16H2,1-3H3. The molecule has 32 heavy (non-hydrogen) atoms. The van der Waals surface area contributed by atoms with E-state index in [4.69, 9.17) is 4.98 Å². The summed E-state index contributed by atoms with van der Waals surface area (Å²) < 4.78 is 33.2. The summed E-state index contributed by atoms with van der Waals surface area (Å²) in [7, 11) is -3.51. The lowest BCUT2D eigenvalue weighted by molar-refractivity contribution is 0.401. The van der Waals surface area contributed by atoms with Crippen LogP contribution in [0.2, 0.25) is 0 Å². The first-order chi connectivity index (χ1) is 15.3. The van der Waals surface area contributed by atoms with Gasteiger partial charge in [-0.3, -0.25) is 0 Å². The molecule has 0 unspecified atom stereocenters. The molecular weight excluding hydrogens is 440 g/mol. The van der Waals surface area contributed by atoms with Gasteiger partial charge in [-0.05, 0) is 56.2 Å². The third kappa shape index (κ3) is 5.36. The minimum Gasteiger partial charge on any atom is -0.347 e. The Hall–Kier alpha value is -2.29. The number of benzene rings is 2. The highest BCUT2D eigenvalue weighted by Gasteiger charge is 2.25. The molecule has 4 rings (SSSR count). The van der Waals surface area contributed by atoms with Gasteiger partial charge in [0.05, 0.1) is 4.90 Å². The first-order valence-electron chi connectivity index (χ1n) is 11.0. The largest absolute Gasteiger partial charge is 0.347 e. The normalized spacial score (nSPS) is 15.3. The highest BCUT2D eigenvalue weighted by molar-refractivity contribution is 7.89. The molecule has 170 valence electrons. The van der Waals surface area contributed by atoms with Crippen molar-refractivity contribution in [3.63, 3.8) is 0 Å². The average molecular weight is 471 g/mol. The lowest BCUT2D eigenvalue weighted by atomic mass is 9.97. The van der Waals surface area contributed by atoms with Crippen LogP contribution in [0.3, 0.4) is 0 Å². The zero-order valence-electron chi connectivity index (χ0n) is 18.8. The first-order valence-corrected chi connectivity index (χ1v) is 13.3. The van der Waals surface area contributed by atoms with Crippen molar-refractivity contribution in [3.8, 4) is 0 Å². The van der Waals surface area contributed by atoms with Crippen LogP contribution in [0, 0.1) is 26.7 Å². The maximum atomic E-state index is 12.9. The topological polar surface area (TPSA) is 75.2 Å². The van der Waals surface area contributed by atoms with Gasteiger partial charge in [0.2, 0.25) is 15.2 Å². The molecule has 0 bridgehead atoms. The Kier molecular flexibility index (Phi) is 6.93. The number of aromatic nitrogens is 2. The Morgan fingerprint density at radius 2 is 1.72 bits per heavy atom. The second-order valence-electron chi connectivity index (χ2n) is 8.67. The van der Waals surface area contributed by atoms with Gasteiger partial charge in [-0.1, -0.05) is 48.0 Å². The summed E-state index contributed by atoms with van der Waals surface area (Å²) in [5.74, 6) is 1.18.